The lowest BCUT2D eigenvalue weighted by Gasteiger charge is -2.20. The highest BCUT2D eigenvalue weighted by molar-refractivity contribution is 6.30. The third kappa shape index (κ3) is 2.47. The maximum atomic E-state index is 6.44. The fraction of sp³-hybridized carbons (Fsp3) is 0.500. The van der Waals surface area contributed by atoms with Gasteiger partial charge in [0.15, 0.2) is 0 Å². The SMILES string of the molecule is CC1OCCC1C(Cl)c1ccc(Cl)cc1. The summed E-state index contributed by atoms with van der Waals surface area (Å²) in [6.45, 7) is 2.91. The quantitative estimate of drug-likeness (QED) is 0.714. The van der Waals surface area contributed by atoms with E-state index in [0.717, 1.165) is 23.6 Å². The number of rotatable bonds is 2. The second-order valence-electron chi connectivity index (χ2n) is 3.98. The van der Waals surface area contributed by atoms with E-state index in [-0.39, 0.29) is 11.5 Å². The molecule has 1 heterocycles. The second-order valence-corrected chi connectivity index (χ2v) is 4.89. The molecule has 3 unspecified atom stereocenters. The van der Waals surface area contributed by atoms with Crippen LogP contribution in [0.3, 0.4) is 0 Å². The Hall–Kier alpha value is -0.240. The lowest BCUT2D eigenvalue weighted by molar-refractivity contribution is 0.105. The van der Waals surface area contributed by atoms with Crippen LogP contribution in [0.25, 0.3) is 0 Å². The van der Waals surface area contributed by atoms with Crippen LogP contribution in [0, 0.1) is 5.92 Å². The van der Waals surface area contributed by atoms with Crippen LogP contribution in [0.5, 0.6) is 0 Å². The Labute approximate surface area is 100 Å². The van der Waals surface area contributed by atoms with E-state index < -0.39 is 0 Å². The molecule has 0 bridgehead atoms. The highest BCUT2D eigenvalue weighted by Crippen LogP contribution is 2.38. The molecular weight excluding hydrogens is 231 g/mol. The van der Waals surface area contributed by atoms with Crippen LogP contribution in [0.15, 0.2) is 24.3 Å². The molecular formula is C12H14Cl2O. The summed E-state index contributed by atoms with van der Waals surface area (Å²) in [7, 11) is 0. The fourth-order valence-electron chi connectivity index (χ4n) is 2.03. The molecule has 0 aliphatic carbocycles. The Morgan fingerprint density at radius 3 is 2.53 bits per heavy atom. The van der Waals surface area contributed by atoms with E-state index >= 15 is 0 Å². The Bertz CT molecular complexity index is 323. The van der Waals surface area contributed by atoms with Gasteiger partial charge in [0.1, 0.15) is 0 Å². The fourth-order valence-corrected chi connectivity index (χ4v) is 2.63. The van der Waals surface area contributed by atoms with Gasteiger partial charge in [-0.3, -0.25) is 0 Å². The summed E-state index contributed by atoms with van der Waals surface area (Å²) >= 11 is 12.3. The zero-order valence-corrected chi connectivity index (χ0v) is 10.1. The lowest BCUT2D eigenvalue weighted by atomic mass is 9.93. The normalized spacial score (nSPS) is 27.9. The van der Waals surface area contributed by atoms with Gasteiger partial charge in [-0.1, -0.05) is 23.7 Å². The van der Waals surface area contributed by atoms with Gasteiger partial charge in [-0.05, 0) is 31.0 Å². The minimum Gasteiger partial charge on any atom is -0.378 e. The lowest BCUT2D eigenvalue weighted by Crippen LogP contribution is -2.16. The first-order chi connectivity index (χ1) is 7.18. The van der Waals surface area contributed by atoms with Gasteiger partial charge < -0.3 is 4.74 Å². The third-order valence-corrected chi connectivity index (χ3v) is 3.83. The molecule has 0 aromatic heterocycles. The van der Waals surface area contributed by atoms with E-state index in [0.29, 0.717) is 5.92 Å². The van der Waals surface area contributed by atoms with Crippen molar-refractivity contribution in [3.8, 4) is 0 Å². The standard InChI is InChI=1S/C12H14Cl2O/c1-8-11(6-7-15-8)12(14)9-2-4-10(13)5-3-9/h2-5,8,11-12H,6-7H2,1H3. The van der Waals surface area contributed by atoms with Gasteiger partial charge in [0, 0.05) is 17.5 Å². The van der Waals surface area contributed by atoms with Crippen molar-refractivity contribution in [1.29, 1.82) is 0 Å². The van der Waals surface area contributed by atoms with Gasteiger partial charge >= 0.3 is 0 Å². The van der Waals surface area contributed by atoms with E-state index in [1.54, 1.807) is 0 Å². The highest BCUT2D eigenvalue weighted by atomic mass is 35.5. The maximum Gasteiger partial charge on any atom is 0.0638 e. The Morgan fingerprint density at radius 2 is 2.00 bits per heavy atom. The molecule has 1 nitrogen and oxygen atoms in total. The molecule has 1 aliphatic rings. The van der Waals surface area contributed by atoms with E-state index in [2.05, 4.69) is 6.92 Å². The van der Waals surface area contributed by atoms with Crippen LogP contribution in [0.4, 0.5) is 0 Å². The second kappa shape index (κ2) is 4.73. The first-order valence-corrected chi connectivity index (χ1v) is 6.01. The molecule has 0 saturated carbocycles. The summed E-state index contributed by atoms with van der Waals surface area (Å²) in [5, 5.41) is 0.776. The van der Waals surface area contributed by atoms with Gasteiger partial charge in [-0.2, -0.15) is 0 Å². The molecule has 0 spiro atoms. The molecule has 1 aromatic carbocycles. The number of benzene rings is 1. The molecule has 1 aromatic rings. The molecule has 2 rings (SSSR count). The third-order valence-electron chi connectivity index (χ3n) is 3.00. The van der Waals surface area contributed by atoms with Crippen molar-refractivity contribution >= 4 is 23.2 Å². The summed E-state index contributed by atoms with van der Waals surface area (Å²) in [4.78, 5) is 0. The van der Waals surface area contributed by atoms with Crippen LogP contribution in [0.2, 0.25) is 5.02 Å². The van der Waals surface area contributed by atoms with E-state index in [9.17, 15) is 0 Å². The van der Waals surface area contributed by atoms with Gasteiger partial charge in [-0.15, -0.1) is 11.6 Å². The summed E-state index contributed by atoms with van der Waals surface area (Å²) in [5.74, 6) is 0.410. The van der Waals surface area contributed by atoms with Crippen molar-refractivity contribution in [2.24, 2.45) is 5.92 Å². The summed E-state index contributed by atoms with van der Waals surface area (Å²) in [6.07, 6.45) is 1.29. The Balaban J connectivity index is 2.13. The smallest absolute Gasteiger partial charge is 0.0638 e. The van der Waals surface area contributed by atoms with Crippen molar-refractivity contribution in [2.45, 2.75) is 24.8 Å². The van der Waals surface area contributed by atoms with E-state index in [1.165, 1.54) is 0 Å². The number of alkyl halides is 1. The highest BCUT2D eigenvalue weighted by Gasteiger charge is 2.31. The largest absolute Gasteiger partial charge is 0.378 e. The predicted octanol–water partition coefficient (Wildman–Crippen LogP) is 4.04. The van der Waals surface area contributed by atoms with Crippen molar-refractivity contribution in [3.05, 3.63) is 34.9 Å². The average molecular weight is 245 g/mol. The Kier molecular flexibility index (Phi) is 3.55. The molecule has 1 saturated heterocycles. The van der Waals surface area contributed by atoms with Crippen LogP contribution in [-0.4, -0.2) is 12.7 Å². The molecule has 1 aliphatic heterocycles. The van der Waals surface area contributed by atoms with Crippen LogP contribution >= 0.6 is 23.2 Å². The minimum absolute atomic E-state index is 0.0276. The topological polar surface area (TPSA) is 9.23 Å². The van der Waals surface area contributed by atoms with Gasteiger partial charge in [0.05, 0.1) is 11.5 Å². The van der Waals surface area contributed by atoms with Gasteiger partial charge in [0.2, 0.25) is 0 Å². The van der Waals surface area contributed by atoms with Crippen molar-refractivity contribution in [1.82, 2.24) is 0 Å². The maximum absolute atomic E-state index is 6.44. The summed E-state index contributed by atoms with van der Waals surface area (Å²) in [5.41, 5.74) is 1.13. The number of ether oxygens (including phenoxy) is 1. The predicted molar refractivity (Wildman–Crippen MR) is 63.6 cm³/mol. The number of halogens is 2. The first kappa shape index (κ1) is 11.3. The first-order valence-electron chi connectivity index (χ1n) is 5.19. The van der Waals surface area contributed by atoms with E-state index in [1.807, 2.05) is 24.3 Å². The number of hydrogen-bond acceptors (Lipinski definition) is 1. The Morgan fingerprint density at radius 1 is 1.33 bits per heavy atom. The summed E-state index contributed by atoms with van der Waals surface area (Å²) in [6, 6.07) is 7.75. The molecule has 0 N–H and O–H groups in total. The summed E-state index contributed by atoms with van der Waals surface area (Å²) < 4.78 is 5.52. The zero-order chi connectivity index (χ0) is 10.8. The molecule has 0 amide bonds. The minimum atomic E-state index is 0.0276. The van der Waals surface area contributed by atoms with Gasteiger partial charge in [0.25, 0.3) is 0 Å². The zero-order valence-electron chi connectivity index (χ0n) is 8.62. The molecule has 3 heteroatoms. The van der Waals surface area contributed by atoms with Crippen LogP contribution < -0.4 is 0 Å². The van der Waals surface area contributed by atoms with Crippen LogP contribution in [0.1, 0.15) is 24.3 Å². The molecule has 3 atom stereocenters. The van der Waals surface area contributed by atoms with E-state index in [4.69, 9.17) is 27.9 Å². The van der Waals surface area contributed by atoms with Gasteiger partial charge in [-0.25, -0.2) is 0 Å². The molecule has 0 radical (unpaired) electrons. The molecule has 1 fully saturated rings. The van der Waals surface area contributed by atoms with Crippen molar-refractivity contribution in [2.75, 3.05) is 6.61 Å². The molecule has 15 heavy (non-hydrogen) atoms. The molecule has 82 valence electrons. The van der Waals surface area contributed by atoms with Crippen molar-refractivity contribution in [3.63, 3.8) is 0 Å². The van der Waals surface area contributed by atoms with Crippen LogP contribution in [-0.2, 0) is 4.74 Å². The van der Waals surface area contributed by atoms with Crippen molar-refractivity contribution < 1.29 is 4.74 Å². The average Bonchev–Trinajstić information content (AvgIpc) is 2.65. The number of hydrogen-bond donors (Lipinski definition) is 0. The monoisotopic (exact) mass is 244 g/mol.